The molecule has 0 spiro atoms. The van der Waals surface area contributed by atoms with Crippen molar-refractivity contribution in [2.45, 2.75) is 62.6 Å². The van der Waals surface area contributed by atoms with Gasteiger partial charge in [0.2, 0.25) is 0 Å². The Morgan fingerprint density at radius 2 is 1.93 bits per heavy atom. The van der Waals surface area contributed by atoms with Gasteiger partial charge in [0, 0.05) is 43.6 Å². The average molecular weight is 534 g/mol. The predicted molar refractivity (Wildman–Crippen MR) is 146 cm³/mol. The smallest absolute Gasteiger partial charge is 0.254 e. The molecule has 40 heavy (non-hydrogen) atoms. The van der Waals surface area contributed by atoms with Gasteiger partial charge < -0.3 is 14.6 Å². The molecule has 2 aromatic heterocycles. The fourth-order valence-electron chi connectivity index (χ4n) is 7.50. The maximum absolute atomic E-state index is 15.3. The standard InChI is InChI=1S/C32H28FN5O2/c1-31(16-34)14-32(40,15-31)28-22(33)10-19(13-35-28)18-8-9-23-24(11-18)38-25-12-26(29(38)36-23)37(2)30(39)21-5-3-4-20(27(21)25)17-6-7-17/h3-5,8-11,13,17,25-26,40H,6-7,12,14-15H2,1-2H3/t25-,26-,31?,32?/m1/s1. The highest BCUT2D eigenvalue weighted by atomic mass is 19.1. The molecular formula is C32H28FN5O2. The highest BCUT2D eigenvalue weighted by molar-refractivity contribution is 5.97. The number of benzene rings is 2. The van der Waals surface area contributed by atoms with E-state index in [0.29, 0.717) is 11.5 Å². The van der Waals surface area contributed by atoms with E-state index in [0.717, 1.165) is 52.8 Å². The first-order valence-electron chi connectivity index (χ1n) is 13.9. The van der Waals surface area contributed by atoms with Crippen LogP contribution >= 0.6 is 0 Å². The fraction of sp³-hybridized carbons (Fsp3) is 0.375. The minimum atomic E-state index is -1.42. The summed E-state index contributed by atoms with van der Waals surface area (Å²) in [6, 6.07) is 15.5. The van der Waals surface area contributed by atoms with Gasteiger partial charge in [-0.15, -0.1) is 0 Å². The van der Waals surface area contributed by atoms with Gasteiger partial charge in [-0.25, -0.2) is 9.37 Å². The number of pyridine rings is 1. The predicted octanol–water partition coefficient (Wildman–Crippen LogP) is 5.75. The van der Waals surface area contributed by atoms with Crippen molar-refractivity contribution in [1.29, 1.82) is 5.26 Å². The number of aromatic nitrogens is 3. The number of imidazole rings is 1. The zero-order valence-electron chi connectivity index (χ0n) is 22.4. The highest BCUT2D eigenvalue weighted by Gasteiger charge is 2.54. The molecule has 8 heteroatoms. The number of aliphatic hydroxyl groups is 1. The van der Waals surface area contributed by atoms with Crippen molar-refractivity contribution in [1.82, 2.24) is 19.4 Å². The van der Waals surface area contributed by atoms with Gasteiger partial charge in [0.25, 0.3) is 5.91 Å². The van der Waals surface area contributed by atoms with Crippen molar-refractivity contribution >= 4 is 16.9 Å². The molecule has 2 aliphatic carbocycles. The number of nitriles is 1. The van der Waals surface area contributed by atoms with Crippen molar-refractivity contribution in [3.63, 3.8) is 0 Å². The molecule has 2 bridgehead atoms. The van der Waals surface area contributed by atoms with E-state index < -0.39 is 16.8 Å². The summed E-state index contributed by atoms with van der Waals surface area (Å²) in [5, 5.41) is 20.2. The number of carbonyl (C=O) groups excluding carboxylic acids is 1. The molecule has 2 aromatic carbocycles. The molecule has 0 unspecified atom stereocenters. The first-order valence-corrected chi connectivity index (χ1v) is 13.9. The molecular weight excluding hydrogens is 505 g/mol. The van der Waals surface area contributed by atoms with Gasteiger partial charge in [-0.2, -0.15) is 5.26 Å². The van der Waals surface area contributed by atoms with E-state index in [4.69, 9.17) is 4.98 Å². The Bertz CT molecular complexity index is 1810. The van der Waals surface area contributed by atoms with Gasteiger partial charge in [0.15, 0.2) is 0 Å². The Hall–Kier alpha value is -4.09. The number of amides is 1. The average Bonchev–Trinajstić information content (AvgIpc) is 3.64. The van der Waals surface area contributed by atoms with Crippen molar-refractivity contribution in [3.05, 3.63) is 82.7 Å². The van der Waals surface area contributed by atoms with E-state index in [1.54, 1.807) is 13.1 Å². The topological polar surface area (TPSA) is 95.0 Å². The number of fused-ring (bicyclic) bond motifs is 9. The van der Waals surface area contributed by atoms with E-state index in [9.17, 15) is 15.2 Å². The molecule has 2 fully saturated rings. The molecule has 7 nitrogen and oxygen atoms in total. The van der Waals surface area contributed by atoms with Crippen molar-refractivity contribution in [2.75, 3.05) is 7.05 Å². The first-order chi connectivity index (χ1) is 19.2. The molecule has 0 radical (unpaired) electrons. The maximum atomic E-state index is 15.3. The van der Waals surface area contributed by atoms with Gasteiger partial charge in [-0.1, -0.05) is 18.2 Å². The summed E-state index contributed by atoms with van der Waals surface area (Å²) in [7, 11) is 1.87. The number of halogens is 1. The fourth-order valence-corrected chi connectivity index (χ4v) is 7.50. The molecule has 4 aliphatic rings. The van der Waals surface area contributed by atoms with E-state index in [-0.39, 0.29) is 36.5 Å². The largest absolute Gasteiger partial charge is 0.383 e. The van der Waals surface area contributed by atoms with Gasteiger partial charge in [0.05, 0.1) is 34.6 Å². The third-order valence-electron chi connectivity index (χ3n) is 9.53. The lowest BCUT2D eigenvalue weighted by molar-refractivity contribution is -0.108. The van der Waals surface area contributed by atoms with Crippen LogP contribution in [0, 0.1) is 22.6 Å². The molecule has 0 saturated heterocycles. The Morgan fingerprint density at radius 1 is 1.12 bits per heavy atom. The lowest BCUT2D eigenvalue weighted by atomic mass is 9.59. The Morgan fingerprint density at radius 3 is 2.65 bits per heavy atom. The normalized spacial score (nSPS) is 28.6. The lowest BCUT2D eigenvalue weighted by Crippen LogP contribution is -2.48. The summed E-state index contributed by atoms with van der Waals surface area (Å²) < 4.78 is 17.6. The van der Waals surface area contributed by atoms with Gasteiger partial charge in [0.1, 0.15) is 22.9 Å². The van der Waals surface area contributed by atoms with Gasteiger partial charge in [-0.3, -0.25) is 9.78 Å². The van der Waals surface area contributed by atoms with Crippen molar-refractivity contribution in [2.24, 2.45) is 5.41 Å². The van der Waals surface area contributed by atoms with Gasteiger partial charge in [-0.05, 0) is 66.6 Å². The molecule has 1 amide bonds. The second-order valence-electron chi connectivity index (χ2n) is 12.4. The van der Waals surface area contributed by atoms with Crippen LogP contribution in [0.15, 0.2) is 48.7 Å². The zero-order chi connectivity index (χ0) is 27.6. The summed E-state index contributed by atoms with van der Waals surface area (Å²) >= 11 is 0. The van der Waals surface area contributed by atoms with Crippen LogP contribution in [0.3, 0.4) is 0 Å². The second-order valence-corrected chi connectivity index (χ2v) is 12.4. The second kappa shape index (κ2) is 7.76. The SMILES string of the molecule is CN1C(=O)c2cccc(C3CC3)c2[C@H]2C[C@@H]1c1nc3ccc(-c4cnc(C5(O)CC(C)(C#N)C5)c(F)c4)cc3n12. The van der Waals surface area contributed by atoms with E-state index in [1.165, 1.54) is 11.6 Å². The molecule has 2 aliphatic heterocycles. The quantitative estimate of drug-likeness (QED) is 0.362. The molecule has 4 heterocycles. The van der Waals surface area contributed by atoms with E-state index >= 15 is 4.39 Å². The van der Waals surface area contributed by atoms with Crippen LogP contribution in [0.5, 0.6) is 0 Å². The number of nitrogens with zero attached hydrogens (tertiary/aromatic N) is 5. The van der Waals surface area contributed by atoms with Crippen LogP contribution in [0.2, 0.25) is 0 Å². The lowest BCUT2D eigenvalue weighted by Gasteiger charge is -2.46. The Balaban J connectivity index is 1.23. The van der Waals surface area contributed by atoms with Crippen LogP contribution in [-0.2, 0) is 5.60 Å². The highest BCUT2D eigenvalue weighted by Crippen LogP contribution is 2.54. The summed E-state index contributed by atoms with van der Waals surface area (Å²) in [6.45, 7) is 1.77. The van der Waals surface area contributed by atoms with Crippen LogP contribution in [-0.4, -0.2) is 37.5 Å². The summed E-state index contributed by atoms with van der Waals surface area (Å²) in [6.07, 6.45) is 5.01. The van der Waals surface area contributed by atoms with Crippen molar-refractivity contribution < 1.29 is 14.3 Å². The summed E-state index contributed by atoms with van der Waals surface area (Å²) in [5.74, 6) is 0.864. The minimum absolute atomic E-state index is 0.000459. The first kappa shape index (κ1) is 23.8. The van der Waals surface area contributed by atoms with Crippen LogP contribution in [0.25, 0.3) is 22.2 Å². The minimum Gasteiger partial charge on any atom is -0.383 e. The third kappa shape index (κ3) is 3.15. The molecule has 2 atom stereocenters. The van der Waals surface area contributed by atoms with Crippen molar-refractivity contribution in [3.8, 4) is 17.2 Å². The molecule has 200 valence electrons. The number of hydrogen-bond acceptors (Lipinski definition) is 5. The zero-order valence-corrected chi connectivity index (χ0v) is 22.4. The maximum Gasteiger partial charge on any atom is 0.254 e. The van der Waals surface area contributed by atoms with Gasteiger partial charge >= 0.3 is 0 Å². The molecule has 8 rings (SSSR count). The molecule has 4 aromatic rings. The number of rotatable bonds is 3. The molecule has 2 saturated carbocycles. The summed E-state index contributed by atoms with van der Waals surface area (Å²) in [4.78, 5) is 24.7. The Labute approximate surface area is 230 Å². The van der Waals surface area contributed by atoms with Crippen LogP contribution in [0.4, 0.5) is 4.39 Å². The number of carbonyl (C=O) groups is 1. The van der Waals surface area contributed by atoms with E-state index in [2.05, 4.69) is 21.7 Å². The Kier molecular flexibility index (Phi) is 4.61. The van der Waals surface area contributed by atoms with Crippen LogP contribution < -0.4 is 0 Å². The van der Waals surface area contributed by atoms with Crippen LogP contribution in [0.1, 0.15) is 90.0 Å². The van der Waals surface area contributed by atoms with E-state index in [1.807, 2.05) is 42.3 Å². The summed E-state index contributed by atoms with van der Waals surface area (Å²) in [5.41, 5.74) is 4.30. The third-order valence-corrected chi connectivity index (χ3v) is 9.53. The monoisotopic (exact) mass is 533 g/mol. The number of hydrogen-bond donors (Lipinski definition) is 1. The molecule has 1 N–H and O–H groups in total.